The van der Waals surface area contributed by atoms with Gasteiger partial charge in [-0.05, 0) is 38.8 Å². The number of nitrogens with one attached hydrogen (secondary N) is 1. The van der Waals surface area contributed by atoms with Crippen LogP contribution < -0.4 is 15.8 Å². The zero-order chi connectivity index (χ0) is 21.7. The van der Waals surface area contributed by atoms with E-state index in [4.69, 9.17) is 5.26 Å². The molecule has 0 aliphatic carbocycles. The fraction of sp³-hybridized carbons (Fsp3) is 0.476. The first kappa shape index (κ1) is 21.3. The largest absolute Gasteiger partial charge is 0.371 e. The van der Waals surface area contributed by atoms with Crippen LogP contribution in [-0.2, 0) is 4.79 Å². The predicted molar refractivity (Wildman–Crippen MR) is 114 cm³/mol. The Morgan fingerprint density at radius 3 is 2.83 bits per heavy atom. The maximum atomic E-state index is 12.6. The zero-order valence-electron chi connectivity index (χ0n) is 17.6. The molecule has 2 aromatic heterocycles. The van der Waals surface area contributed by atoms with E-state index in [9.17, 15) is 9.59 Å². The average Bonchev–Trinajstić information content (AvgIpc) is 2.77. The highest BCUT2D eigenvalue weighted by Gasteiger charge is 2.26. The number of rotatable bonds is 6. The molecule has 30 heavy (non-hydrogen) atoms. The smallest absolute Gasteiger partial charge is 0.269 e. The number of pyridine rings is 1. The standard InChI is InChI=1S/C21H27N7O2/c1-15(2)26(3)18-9-20(29)28(25-12-18)17-5-4-8-27(14-17)21(30)13-24-19-7-6-16(10-22)11-23-19/h6-7,9,11-12,15,17H,4-5,8,13-14H2,1-3H3,(H,23,24). The van der Waals surface area contributed by atoms with E-state index in [1.807, 2.05) is 18.0 Å². The van der Waals surface area contributed by atoms with Gasteiger partial charge in [-0.15, -0.1) is 0 Å². The Balaban J connectivity index is 1.62. The first-order valence-corrected chi connectivity index (χ1v) is 10.1. The van der Waals surface area contributed by atoms with Crippen LogP contribution in [0.2, 0.25) is 0 Å². The molecule has 0 saturated carbocycles. The van der Waals surface area contributed by atoms with Crippen LogP contribution in [0.3, 0.4) is 0 Å². The molecule has 1 saturated heterocycles. The highest BCUT2D eigenvalue weighted by molar-refractivity contribution is 5.80. The summed E-state index contributed by atoms with van der Waals surface area (Å²) in [5.74, 6) is 0.480. The number of amides is 1. The maximum Gasteiger partial charge on any atom is 0.269 e. The molecule has 1 aliphatic rings. The van der Waals surface area contributed by atoms with Crippen molar-refractivity contribution >= 4 is 17.4 Å². The van der Waals surface area contributed by atoms with Gasteiger partial charge >= 0.3 is 0 Å². The maximum absolute atomic E-state index is 12.6. The van der Waals surface area contributed by atoms with Crippen LogP contribution in [0.25, 0.3) is 0 Å². The molecule has 3 heterocycles. The summed E-state index contributed by atoms with van der Waals surface area (Å²) in [4.78, 5) is 33.1. The minimum atomic E-state index is -0.154. The van der Waals surface area contributed by atoms with E-state index >= 15 is 0 Å². The molecule has 3 rings (SSSR count). The molecule has 158 valence electrons. The van der Waals surface area contributed by atoms with Gasteiger partial charge in [0.2, 0.25) is 5.91 Å². The molecule has 1 atom stereocenters. The minimum Gasteiger partial charge on any atom is -0.371 e. The number of piperidine rings is 1. The van der Waals surface area contributed by atoms with Gasteiger partial charge in [0.15, 0.2) is 0 Å². The van der Waals surface area contributed by atoms with E-state index in [-0.39, 0.29) is 30.1 Å². The van der Waals surface area contributed by atoms with Gasteiger partial charge in [0.25, 0.3) is 5.56 Å². The van der Waals surface area contributed by atoms with Crippen molar-refractivity contribution in [2.24, 2.45) is 0 Å². The van der Waals surface area contributed by atoms with Crippen LogP contribution in [0, 0.1) is 11.3 Å². The topological polar surface area (TPSA) is 107 Å². The van der Waals surface area contributed by atoms with E-state index < -0.39 is 0 Å². The highest BCUT2D eigenvalue weighted by Crippen LogP contribution is 2.20. The molecule has 1 fully saturated rings. The second-order valence-corrected chi connectivity index (χ2v) is 7.73. The lowest BCUT2D eigenvalue weighted by atomic mass is 10.1. The number of hydrogen-bond donors (Lipinski definition) is 1. The Hall–Kier alpha value is -3.41. The molecule has 1 unspecified atom stereocenters. The Kier molecular flexibility index (Phi) is 6.67. The second kappa shape index (κ2) is 9.39. The minimum absolute atomic E-state index is 0.0601. The first-order chi connectivity index (χ1) is 14.4. The van der Waals surface area contributed by atoms with Crippen molar-refractivity contribution in [2.45, 2.75) is 38.8 Å². The molecule has 0 bridgehead atoms. The van der Waals surface area contributed by atoms with Crippen LogP contribution in [-0.4, -0.2) is 58.3 Å². The van der Waals surface area contributed by atoms with Crippen LogP contribution in [0.4, 0.5) is 11.5 Å². The fourth-order valence-electron chi connectivity index (χ4n) is 3.40. The molecule has 0 spiro atoms. The molecule has 1 N–H and O–H groups in total. The van der Waals surface area contributed by atoms with Gasteiger partial charge in [-0.25, -0.2) is 9.67 Å². The SMILES string of the molecule is CC(C)N(C)c1cnn(C2CCCN(C(=O)CNc3ccc(C#N)cn3)C2)c(=O)c1. The van der Waals surface area contributed by atoms with Crippen LogP contribution in [0.1, 0.15) is 38.3 Å². The van der Waals surface area contributed by atoms with Gasteiger partial charge in [0, 0.05) is 38.4 Å². The van der Waals surface area contributed by atoms with E-state index in [1.165, 1.54) is 10.9 Å². The number of likely N-dealkylation sites (tertiary alicyclic amines) is 1. The van der Waals surface area contributed by atoms with Crippen LogP contribution in [0.5, 0.6) is 0 Å². The van der Waals surface area contributed by atoms with Crippen molar-refractivity contribution in [3.8, 4) is 6.07 Å². The number of aromatic nitrogens is 3. The predicted octanol–water partition coefficient (Wildman–Crippen LogP) is 1.63. The van der Waals surface area contributed by atoms with Crippen molar-refractivity contribution in [2.75, 3.05) is 36.9 Å². The third kappa shape index (κ3) is 4.95. The zero-order valence-corrected chi connectivity index (χ0v) is 17.6. The lowest BCUT2D eigenvalue weighted by Crippen LogP contribution is -2.45. The summed E-state index contributed by atoms with van der Waals surface area (Å²) in [6, 6.07) is 7.06. The molecular formula is C21H27N7O2. The Labute approximate surface area is 175 Å². The molecule has 2 aromatic rings. The number of hydrogen-bond acceptors (Lipinski definition) is 7. The normalized spacial score (nSPS) is 16.2. The Bertz CT molecular complexity index is 978. The Morgan fingerprint density at radius 1 is 1.40 bits per heavy atom. The molecule has 9 heteroatoms. The second-order valence-electron chi connectivity index (χ2n) is 7.73. The van der Waals surface area contributed by atoms with E-state index in [1.54, 1.807) is 29.3 Å². The van der Waals surface area contributed by atoms with Gasteiger partial charge in [-0.3, -0.25) is 9.59 Å². The van der Waals surface area contributed by atoms with Crippen LogP contribution in [0.15, 0.2) is 35.4 Å². The molecule has 1 aliphatic heterocycles. The number of carbonyl (C=O) groups excluding carboxylic acids is 1. The van der Waals surface area contributed by atoms with Gasteiger partial charge < -0.3 is 15.1 Å². The summed E-state index contributed by atoms with van der Waals surface area (Å²) in [5.41, 5.74) is 1.10. The number of nitriles is 1. The summed E-state index contributed by atoms with van der Waals surface area (Å²) >= 11 is 0. The van der Waals surface area contributed by atoms with E-state index in [0.717, 1.165) is 18.5 Å². The molecule has 9 nitrogen and oxygen atoms in total. The Morgan fingerprint density at radius 2 is 2.20 bits per heavy atom. The number of carbonyl (C=O) groups is 1. The molecule has 1 amide bonds. The average molecular weight is 409 g/mol. The van der Waals surface area contributed by atoms with Crippen LogP contribution >= 0.6 is 0 Å². The summed E-state index contributed by atoms with van der Waals surface area (Å²) < 4.78 is 1.49. The molecular weight excluding hydrogens is 382 g/mol. The van der Waals surface area contributed by atoms with Crippen molar-refractivity contribution in [1.29, 1.82) is 5.26 Å². The third-order valence-corrected chi connectivity index (χ3v) is 5.40. The first-order valence-electron chi connectivity index (χ1n) is 10.1. The number of anilines is 2. The summed E-state index contributed by atoms with van der Waals surface area (Å²) in [6.07, 6.45) is 4.79. The summed E-state index contributed by atoms with van der Waals surface area (Å²) in [7, 11) is 1.93. The summed E-state index contributed by atoms with van der Waals surface area (Å²) in [5, 5.41) is 16.2. The van der Waals surface area contributed by atoms with Crippen molar-refractivity contribution in [3.63, 3.8) is 0 Å². The van der Waals surface area contributed by atoms with Gasteiger partial charge in [-0.1, -0.05) is 0 Å². The van der Waals surface area contributed by atoms with E-state index in [0.29, 0.717) is 24.5 Å². The highest BCUT2D eigenvalue weighted by atomic mass is 16.2. The van der Waals surface area contributed by atoms with Gasteiger partial charge in [-0.2, -0.15) is 10.4 Å². The number of nitrogens with zero attached hydrogens (tertiary/aromatic N) is 6. The fourth-order valence-corrected chi connectivity index (χ4v) is 3.40. The van der Waals surface area contributed by atoms with Crippen molar-refractivity contribution < 1.29 is 4.79 Å². The quantitative estimate of drug-likeness (QED) is 0.773. The molecule has 0 aromatic carbocycles. The molecule has 0 radical (unpaired) electrons. The summed E-state index contributed by atoms with van der Waals surface area (Å²) in [6.45, 7) is 5.32. The lowest BCUT2D eigenvalue weighted by Gasteiger charge is -2.33. The van der Waals surface area contributed by atoms with Gasteiger partial charge in [0.05, 0.1) is 30.0 Å². The van der Waals surface area contributed by atoms with E-state index in [2.05, 4.69) is 29.2 Å². The lowest BCUT2D eigenvalue weighted by molar-refractivity contribution is -0.131. The van der Waals surface area contributed by atoms with Crippen molar-refractivity contribution in [1.82, 2.24) is 19.7 Å². The monoisotopic (exact) mass is 409 g/mol. The third-order valence-electron chi connectivity index (χ3n) is 5.40. The van der Waals surface area contributed by atoms with Crippen molar-refractivity contribution in [3.05, 3.63) is 46.5 Å². The van der Waals surface area contributed by atoms with Gasteiger partial charge in [0.1, 0.15) is 11.9 Å².